The van der Waals surface area contributed by atoms with E-state index >= 15 is 0 Å². The van der Waals surface area contributed by atoms with E-state index in [-0.39, 0.29) is 23.9 Å². The fraction of sp³-hybridized carbons (Fsp3) is 0.867. The number of urea groups is 1. The van der Waals surface area contributed by atoms with Crippen LogP contribution in [0.5, 0.6) is 0 Å². The summed E-state index contributed by atoms with van der Waals surface area (Å²) in [5.41, 5.74) is 0. The lowest BCUT2D eigenvalue weighted by molar-refractivity contribution is -0.142. The Labute approximate surface area is 120 Å². The molecule has 5 nitrogen and oxygen atoms in total. The first-order valence-corrected chi connectivity index (χ1v) is 7.76. The summed E-state index contributed by atoms with van der Waals surface area (Å²) in [6, 6.07) is 0.150. The molecule has 2 aliphatic carbocycles. The Bertz CT molecular complexity index is 366. The number of hydrogen-bond acceptors (Lipinski definition) is 2. The Morgan fingerprint density at radius 1 is 1.25 bits per heavy atom. The molecule has 0 aromatic rings. The van der Waals surface area contributed by atoms with Crippen molar-refractivity contribution in [1.82, 2.24) is 10.2 Å². The molecule has 0 heterocycles. The number of carbonyl (C=O) groups excluding carboxylic acids is 1. The average molecular weight is 282 g/mol. The number of amides is 2. The summed E-state index contributed by atoms with van der Waals surface area (Å²) < 4.78 is 0. The van der Waals surface area contributed by atoms with Gasteiger partial charge in [-0.15, -0.1) is 0 Å². The van der Waals surface area contributed by atoms with E-state index in [4.69, 9.17) is 5.11 Å². The van der Waals surface area contributed by atoms with Crippen molar-refractivity contribution in [3.05, 3.63) is 0 Å². The number of carbonyl (C=O) groups is 2. The lowest BCUT2D eigenvalue weighted by atomic mass is 9.96. The zero-order valence-corrected chi connectivity index (χ0v) is 12.5. The third-order valence-corrected chi connectivity index (χ3v) is 4.53. The van der Waals surface area contributed by atoms with Crippen LogP contribution >= 0.6 is 0 Å². The van der Waals surface area contributed by atoms with Gasteiger partial charge in [0.15, 0.2) is 0 Å². The fourth-order valence-electron chi connectivity index (χ4n) is 3.03. The molecule has 114 valence electrons. The van der Waals surface area contributed by atoms with E-state index in [0.717, 1.165) is 25.8 Å². The van der Waals surface area contributed by atoms with Gasteiger partial charge in [-0.2, -0.15) is 0 Å². The minimum Gasteiger partial charge on any atom is -0.481 e. The molecular weight excluding hydrogens is 256 g/mol. The van der Waals surface area contributed by atoms with Gasteiger partial charge in [0.2, 0.25) is 0 Å². The van der Waals surface area contributed by atoms with Gasteiger partial charge in [0.05, 0.1) is 5.92 Å². The normalized spacial score (nSPS) is 25.8. The number of rotatable bonds is 6. The first-order chi connectivity index (χ1) is 9.49. The van der Waals surface area contributed by atoms with E-state index in [2.05, 4.69) is 5.32 Å². The van der Waals surface area contributed by atoms with E-state index in [0.29, 0.717) is 12.5 Å². The Morgan fingerprint density at radius 3 is 2.50 bits per heavy atom. The van der Waals surface area contributed by atoms with Crippen molar-refractivity contribution in [3.8, 4) is 0 Å². The topological polar surface area (TPSA) is 69.6 Å². The molecule has 2 amide bonds. The third kappa shape index (κ3) is 3.87. The predicted molar refractivity (Wildman–Crippen MR) is 76.4 cm³/mol. The van der Waals surface area contributed by atoms with E-state index in [1.54, 1.807) is 0 Å². The van der Waals surface area contributed by atoms with E-state index in [1.807, 2.05) is 18.7 Å². The quantitative estimate of drug-likeness (QED) is 0.785. The summed E-state index contributed by atoms with van der Waals surface area (Å²) in [4.78, 5) is 25.3. The van der Waals surface area contributed by atoms with Crippen LogP contribution in [0.1, 0.15) is 46.0 Å². The van der Waals surface area contributed by atoms with Gasteiger partial charge in [-0.25, -0.2) is 4.79 Å². The van der Waals surface area contributed by atoms with E-state index in [9.17, 15) is 9.59 Å². The van der Waals surface area contributed by atoms with Crippen LogP contribution in [-0.2, 0) is 4.79 Å². The summed E-state index contributed by atoms with van der Waals surface area (Å²) >= 11 is 0. The van der Waals surface area contributed by atoms with Gasteiger partial charge < -0.3 is 15.3 Å². The molecule has 2 fully saturated rings. The van der Waals surface area contributed by atoms with Gasteiger partial charge in [0.1, 0.15) is 0 Å². The van der Waals surface area contributed by atoms with Crippen molar-refractivity contribution in [2.24, 2.45) is 17.8 Å². The summed E-state index contributed by atoms with van der Waals surface area (Å²) in [7, 11) is 0. The number of nitrogens with one attached hydrogen (secondary N) is 1. The van der Waals surface area contributed by atoms with E-state index in [1.165, 1.54) is 12.8 Å². The molecule has 2 unspecified atom stereocenters. The number of nitrogens with zero attached hydrogens (tertiary/aromatic N) is 1. The van der Waals surface area contributed by atoms with Crippen LogP contribution < -0.4 is 5.32 Å². The van der Waals surface area contributed by atoms with Crippen LogP contribution in [0.4, 0.5) is 4.79 Å². The molecule has 0 spiro atoms. The lowest BCUT2D eigenvalue weighted by Gasteiger charge is -2.28. The SMILES string of the molecule is CC(C)N(CC1CC1)C(=O)NCC1CCCC1C(=O)O. The standard InChI is InChI=1S/C15H26N2O3/c1-10(2)17(9-11-6-7-11)15(20)16-8-12-4-3-5-13(12)14(18)19/h10-13H,3-9H2,1-2H3,(H,16,20)(H,18,19). The second-order valence-corrected chi connectivity index (χ2v) is 6.51. The van der Waals surface area contributed by atoms with Gasteiger partial charge >= 0.3 is 12.0 Å². The smallest absolute Gasteiger partial charge is 0.317 e. The molecule has 2 aliphatic rings. The Morgan fingerprint density at radius 2 is 1.95 bits per heavy atom. The van der Waals surface area contributed by atoms with Gasteiger partial charge in [-0.05, 0) is 51.4 Å². The van der Waals surface area contributed by atoms with Gasteiger partial charge in [-0.1, -0.05) is 6.42 Å². The molecule has 2 rings (SSSR count). The fourth-order valence-corrected chi connectivity index (χ4v) is 3.03. The highest BCUT2D eigenvalue weighted by Crippen LogP contribution is 2.32. The van der Waals surface area contributed by atoms with Crippen molar-refractivity contribution in [2.45, 2.75) is 52.0 Å². The molecule has 0 saturated heterocycles. The zero-order chi connectivity index (χ0) is 14.7. The molecule has 0 radical (unpaired) electrons. The second kappa shape index (κ2) is 6.46. The van der Waals surface area contributed by atoms with Crippen LogP contribution in [0.3, 0.4) is 0 Å². The van der Waals surface area contributed by atoms with E-state index < -0.39 is 5.97 Å². The Kier molecular flexibility index (Phi) is 4.89. The molecule has 0 aliphatic heterocycles. The first kappa shape index (κ1) is 15.1. The number of aliphatic carboxylic acids is 1. The number of hydrogen-bond donors (Lipinski definition) is 2. The molecule has 2 N–H and O–H groups in total. The Balaban J connectivity index is 1.81. The maximum Gasteiger partial charge on any atom is 0.317 e. The molecular formula is C15H26N2O3. The van der Waals surface area contributed by atoms with Crippen molar-refractivity contribution in [2.75, 3.05) is 13.1 Å². The monoisotopic (exact) mass is 282 g/mol. The highest BCUT2D eigenvalue weighted by atomic mass is 16.4. The minimum absolute atomic E-state index is 0.0389. The van der Waals surface area contributed by atoms with Crippen molar-refractivity contribution < 1.29 is 14.7 Å². The van der Waals surface area contributed by atoms with Crippen LogP contribution in [-0.4, -0.2) is 41.1 Å². The maximum absolute atomic E-state index is 12.2. The number of carboxylic acids is 1. The molecule has 5 heteroatoms. The molecule has 2 atom stereocenters. The summed E-state index contributed by atoms with van der Waals surface area (Å²) in [6.07, 6.45) is 5.04. The summed E-state index contributed by atoms with van der Waals surface area (Å²) in [5, 5.41) is 12.1. The van der Waals surface area contributed by atoms with Gasteiger partial charge in [0, 0.05) is 19.1 Å². The van der Waals surface area contributed by atoms with Crippen molar-refractivity contribution in [3.63, 3.8) is 0 Å². The average Bonchev–Trinajstić information content (AvgIpc) is 3.07. The minimum atomic E-state index is -0.722. The second-order valence-electron chi connectivity index (χ2n) is 6.51. The third-order valence-electron chi connectivity index (χ3n) is 4.53. The van der Waals surface area contributed by atoms with Crippen molar-refractivity contribution >= 4 is 12.0 Å². The highest BCUT2D eigenvalue weighted by molar-refractivity contribution is 5.75. The van der Waals surface area contributed by atoms with Crippen molar-refractivity contribution in [1.29, 1.82) is 0 Å². The number of carboxylic acid groups (broad SMARTS) is 1. The largest absolute Gasteiger partial charge is 0.481 e. The molecule has 0 bridgehead atoms. The first-order valence-electron chi connectivity index (χ1n) is 7.76. The molecule has 2 saturated carbocycles. The van der Waals surface area contributed by atoms with Gasteiger partial charge in [-0.3, -0.25) is 4.79 Å². The maximum atomic E-state index is 12.2. The van der Waals surface area contributed by atoms with Crippen LogP contribution in [0, 0.1) is 17.8 Å². The molecule has 0 aromatic heterocycles. The summed E-state index contributed by atoms with van der Waals surface area (Å²) in [5.74, 6) is -0.250. The van der Waals surface area contributed by atoms with Crippen LogP contribution in [0.25, 0.3) is 0 Å². The van der Waals surface area contributed by atoms with Gasteiger partial charge in [0.25, 0.3) is 0 Å². The highest BCUT2D eigenvalue weighted by Gasteiger charge is 2.34. The zero-order valence-electron chi connectivity index (χ0n) is 12.5. The summed E-state index contributed by atoms with van der Waals surface area (Å²) in [6.45, 7) is 5.37. The van der Waals surface area contributed by atoms with Crippen LogP contribution in [0.15, 0.2) is 0 Å². The lowest BCUT2D eigenvalue weighted by Crippen LogP contribution is -2.46. The molecule has 0 aromatic carbocycles. The Hall–Kier alpha value is -1.26. The van der Waals surface area contributed by atoms with Crippen LogP contribution in [0.2, 0.25) is 0 Å². The predicted octanol–water partition coefficient (Wildman–Crippen LogP) is 2.32. The molecule has 20 heavy (non-hydrogen) atoms.